The molecule has 3 aliphatic carbocycles. The molecule has 3 nitrogen and oxygen atoms in total. The minimum Gasteiger partial charge on any atom is -0.348 e. The summed E-state index contributed by atoms with van der Waals surface area (Å²) in [5, 5.41) is 1.24. The summed E-state index contributed by atoms with van der Waals surface area (Å²) in [7, 11) is -1.56. The maximum atomic E-state index is 12.7. The van der Waals surface area contributed by atoms with Gasteiger partial charge in [-0.15, -0.1) is 0 Å². The molecule has 126 valence electrons. The third-order valence-electron chi connectivity index (χ3n) is 6.04. The van der Waals surface area contributed by atoms with Crippen LogP contribution in [0.25, 0.3) is 0 Å². The van der Waals surface area contributed by atoms with E-state index in [-0.39, 0.29) is 5.79 Å². The maximum absolute atomic E-state index is 12.7. The molecule has 4 aliphatic rings. The van der Waals surface area contributed by atoms with E-state index >= 15 is 0 Å². The molecular weight excluding hydrogens is 304 g/mol. The Bertz CT molecular complexity index is 603. The van der Waals surface area contributed by atoms with Crippen molar-refractivity contribution < 1.29 is 14.3 Å². The van der Waals surface area contributed by atoms with Gasteiger partial charge in [-0.2, -0.15) is 0 Å². The smallest absolute Gasteiger partial charge is 0.169 e. The molecule has 4 heteroatoms. The van der Waals surface area contributed by atoms with Crippen LogP contribution in [0.15, 0.2) is 21.9 Å². The van der Waals surface area contributed by atoms with Crippen LogP contribution in [0.3, 0.4) is 0 Å². The molecule has 1 unspecified atom stereocenters. The van der Waals surface area contributed by atoms with Gasteiger partial charge in [-0.1, -0.05) is 25.2 Å². The van der Waals surface area contributed by atoms with E-state index in [0.717, 1.165) is 38.9 Å². The van der Waals surface area contributed by atoms with Gasteiger partial charge >= 0.3 is 0 Å². The zero-order chi connectivity index (χ0) is 16.2. The lowest BCUT2D eigenvalue weighted by Gasteiger charge is -2.38. The number of carbonyl (C=O) groups excluding carboxylic acids is 1. The molecule has 0 radical (unpaired) electrons. The van der Waals surface area contributed by atoms with Crippen LogP contribution >= 0.6 is 0 Å². The lowest BCUT2D eigenvalue weighted by Crippen LogP contribution is -2.37. The summed E-state index contributed by atoms with van der Waals surface area (Å²) in [5.41, 5.74) is 4.46. The van der Waals surface area contributed by atoms with E-state index in [9.17, 15) is 4.79 Å². The summed E-state index contributed by atoms with van der Waals surface area (Å²) < 4.78 is 11.9. The zero-order valence-corrected chi connectivity index (χ0v) is 15.7. The summed E-state index contributed by atoms with van der Waals surface area (Å²) in [6.07, 6.45) is 7.22. The third kappa shape index (κ3) is 2.59. The van der Waals surface area contributed by atoms with E-state index in [1.807, 2.05) is 0 Å². The molecule has 0 aromatic heterocycles. The van der Waals surface area contributed by atoms with Crippen LogP contribution in [0, 0.1) is 5.92 Å². The predicted molar refractivity (Wildman–Crippen MR) is 92.8 cm³/mol. The molecule has 0 N–H and O–H groups in total. The monoisotopic (exact) mass is 332 g/mol. The molecule has 0 amide bonds. The fourth-order valence-electron chi connectivity index (χ4n) is 5.22. The van der Waals surface area contributed by atoms with Gasteiger partial charge in [-0.3, -0.25) is 4.79 Å². The maximum Gasteiger partial charge on any atom is 0.169 e. The van der Waals surface area contributed by atoms with Crippen LogP contribution in [-0.4, -0.2) is 32.9 Å². The number of hydrogen-bond donors (Lipinski definition) is 0. The highest BCUT2D eigenvalue weighted by Crippen LogP contribution is 2.50. The number of Topliss-reactive ketones (excluding diaryl/α,β-unsaturated/α-hetero) is 1. The van der Waals surface area contributed by atoms with Crippen LogP contribution in [0.4, 0.5) is 0 Å². The first-order valence-corrected chi connectivity index (χ1v) is 12.7. The largest absolute Gasteiger partial charge is 0.348 e. The van der Waals surface area contributed by atoms with Crippen molar-refractivity contribution in [1.29, 1.82) is 0 Å². The Morgan fingerprint density at radius 2 is 1.83 bits per heavy atom. The van der Waals surface area contributed by atoms with Crippen molar-refractivity contribution in [3.63, 3.8) is 0 Å². The highest BCUT2D eigenvalue weighted by atomic mass is 28.3. The standard InChI is InChI=1S/C19H28O3Si/c1-23(2,3)18-15-6-4-5-13-12-19(21-9-10-22-19)8-7-14(13)16(15)11-17(18)20/h13H,4-12H2,1-3H3. The molecule has 1 saturated heterocycles. The minimum absolute atomic E-state index is 0.312. The van der Waals surface area contributed by atoms with Gasteiger partial charge in [0.1, 0.15) is 0 Å². The van der Waals surface area contributed by atoms with E-state index < -0.39 is 8.07 Å². The summed E-state index contributed by atoms with van der Waals surface area (Å²) in [6.45, 7) is 8.43. The Balaban J connectivity index is 1.73. The minimum atomic E-state index is -1.56. The van der Waals surface area contributed by atoms with Gasteiger partial charge < -0.3 is 9.47 Å². The van der Waals surface area contributed by atoms with Gasteiger partial charge in [-0.25, -0.2) is 0 Å². The van der Waals surface area contributed by atoms with Gasteiger partial charge in [0.25, 0.3) is 0 Å². The highest BCUT2D eigenvalue weighted by molar-refractivity contribution is 6.87. The van der Waals surface area contributed by atoms with Gasteiger partial charge in [-0.05, 0) is 47.9 Å². The summed E-state index contributed by atoms with van der Waals surface area (Å²) in [6, 6.07) is 0. The van der Waals surface area contributed by atoms with E-state index in [1.54, 1.807) is 5.57 Å². The third-order valence-corrected chi connectivity index (χ3v) is 8.12. The quantitative estimate of drug-likeness (QED) is 0.677. The number of rotatable bonds is 1. The molecule has 1 heterocycles. The first kappa shape index (κ1) is 15.8. The normalized spacial score (nSPS) is 30.7. The number of allylic oxidation sites excluding steroid dienone is 4. The van der Waals surface area contributed by atoms with Crippen LogP contribution < -0.4 is 0 Å². The Morgan fingerprint density at radius 3 is 2.52 bits per heavy atom. The average Bonchev–Trinajstić information content (AvgIpc) is 3.00. The molecular formula is C19H28O3Si. The number of ether oxygens (including phenoxy) is 2. The van der Waals surface area contributed by atoms with E-state index in [0.29, 0.717) is 18.1 Å². The Morgan fingerprint density at radius 1 is 1.09 bits per heavy atom. The van der Waals surface area contributed by atoms with Crippen molar-refractivity contribution in [3.8, 4) is 0 Å². The second kappa shape index (κ2) is 5.40. The van der Waals surface area contributed by atoms with Crippen LogP contribution in [0.2, 0.25) is 19.6 Å². The first-order chi connectivity index (χ1) is 10.9. The number of fused-ring (bicyclic) bond motifs is 2. The molecule has 2 fully saturated rings. The van der Waals surface area contributed by atoms with Crippen LogP contribution in [0.5, 0.6) is 0 Å². The number of carbonyl (C=O) groups is 1. The molecule has 1 atom stereocenters. The van der Waals surface area contributed by atoms with E-state index in [4.69, 9.17) is 9.47 Å². The fraction of sp³-hybridized carbons (Fsp3) is 0.737. The van der Waals surface area contributed by atoms with Crippen molar-refractivity contribution in [1.82, 2.24) is 0 Å². The molecule has 1 spiro atoms. The zero-order valence-electron chi connectivity index (χ0n) is 14.7. The van der Waals surface area contributed by atoms with Crippen molar-refractivity contribution >= 4 is 13.9 Å². The van der Waals surface area contributed by atoms with Crippen molar-refractivity contribution in [2.75, 3.05) is 13.2 Å². The van der Waals surface area contributed by atoms with Gasteiger partial charge in [0.2, 0.25) is 0 Å². The summed E-state index contributed by atoms with van der Waals surface area (Å²) in [4.78, 5) is 12.7. The van der Waals surface area contributed by atoms with Crippen molar-refractivity contribution in [2.45, 2.75) is 70.4 Å². The topological polar surface area (TPSA) is 35.5 Å². The van der Waals surface area contributed by atoms with Gasteiger partial charge in [0, 0.05) is 19.3 Å². The molecule has 1 aliphatic heterocycles. The predicted octanol–water partition coefficient (Wildman–Crippen LogP) is 4.16. The Hall–Kier alpha value is -0.713. The molecule has 0 aromatic carbocycles. The molecule has 1 saturated carbocycles. The molecule has 0 aromatic rings. The number of ketones is 1. The van der Waals surface area contributed by atoms with Crippen LogP contribution in [-0.2, 0) is 14.3 Å². The Kier molecular flexibility index (Phi) is 3.71. The molecule has 23 heavy (non-hydrogen) atoms. The molecule has 0 bridgehead atoms. The lowest BCUT2D eigenvalue weighted by atomic mass is 9.77. The van der Waals surface area contributed by atoms with E-state index in [2.05, 4.69) is 19.6 Å². The number of hydrogen-bond acceptors (Lipinski definition) is 3. The summed E-state index contributed by atoms with van der Waals surface area (Å²) in [5.74, 6) is 0.673. The van der Waals surface area contributed by atoms with Crippen molar-refractivity contribution in [3.05, 3.63) is 21.9 Å². The average molecular weight is 333 g/mol. The fourth-order valence-corrected chi connectivity index (χ4v) is 7.32. The second-order valence-corrected chi connectivity index (χ2v) is 13.6. The Labute approximate surface area is 140 Å². The second-order valence-electron chi connectivity index (χ2n) is 8.61. The molecule has 4 rings (SSSR count). The first-order valence-electron chi connectivity index (χ1n) is 9.17. The van der Waals surface area contributed by atoms with Crippen LogP contribution in [0.1, 0.15) is 44.9 Å². The highest BCUT2D eigenvalue weighted by Gasteiger charge is 2.46. The van der Waals surface area contributed by atoms with Crippen molar-refractivity contribution in [2.24, 2.45) is 5.92 Å². The van der Waals surface area contributed by atoms with Gasteiger partial charge in [0.15, 0.2) is 11.6 Å². The summed E-state index contributed by atoms with van der Waals surface area (Å²) >= 11 is 0. The van der Waals surface area contributed by atoms with E-state index in [1.165, 1.54) is 29.2 Å². The van der Waals surface area contributed by atoms with Gasteiger partial charge in [0.05, 0.1) is 21.3 Å². The lowest BCUT2D eigenvalue weighted by molar-refractivity contribution is -0.180. The SMILES string of the molecule is C[Si](C)(C)C1=C2CCCC3CC4(CCC3=C2CC1=O)OCCO4.